The molecule has 0 atom stereocenters. The first-order chi connectivity index (χ1) is 14.2. The topological polar surface area (TPSA) is 96.5 Å². The summed E-state index contributed by atoms with van der Waals surface area (Å²) in [5, 5.41) is 13.6. The predicted molar refractivity (Wildman–Crippen MR) is 113 cm³/mol. The zero-order valence-electron chi connectivity index (χ0n) is 16.6. The van der Waals surface area contributed by atoms with Gasteiger partial charge in [-0.25, -0.2) is 0 Å². The van der Waals surface area contributed by atoms with Crippen LogP contribution in [-0.4, -0.2) is 60.2 Å². The molecule has 156 valence electrons. The Morgan fingerprint density at radius 3 is 2.34 bits per heavy atom. The fourth-order valence-electron chi connectivity index (χ4n) is 3.21. The van der Waals surface area contributed by atoms with Crippen LogP contribution in [0.1, 0.15) is 51.7 Å². The van der Waals surface area contributed by atoms with Gasteiger partial charge in [0.1, 0.15) is 5.75 Å². The van der Waals surface area contributed by atoms with Crippen molar-refractivity contribution in [3.63, 3.8) is 0 Å². The van der Waals surface area contributed by atoms with Crippen molar-refractivity contribution in [2.45, 2.75) is 32.1 Å². The number of hydrogen-bond acceptors (Lipinski definition) is 7. The van der Waals surface area contributed by atoms with Gasteiger partial charge in [-0.2, -0.15) is 0 Å². The van der Waals surface area contributed by atoms with E-state index >= 15 is 0 Å². The Morgan fingerprint density at radius 2 is 1.69 bits per heavy atom. The standard InChI is InChI=1S/C20H27N5O3S/c1-28-16-9-7-15(8-10-16)22-18(27)20-24-23-19(29-20)17(26)21-11-6-14-25-12-4-2-3-5-13-25/h7-10H,2-6,11-14H2,1H3,(H,21,26)(H,22,27). The highest BCUT2D eigenvalue weighted by molar-refractivity contribution is 7.15. The van der Waals surface area contributed by atoms with Crippen LogP contribution in [0.3, 0.4) is 0 Å². The quantitative estimate of drug-likeness (QED) is 0.641. The van der Waals surface area contributed by atoms with Crippen molar-refractivity contribution in [3.8, 4) is 5.75 Å². The van der Waals surface area contributed by atoms with E-state index in [0.29, 0.717) is 18.0 Å². The number of carbonyl (C=O) groups is 2. The number of aromatic nitrogens is 2. The minimum absolute atomic E-state index is 0.149. The lowest BCUT2D eigenvalue weighted by Crippen LogP contribution is -2.30. The normalized spacial score (nSPS) is 14.8. The van der Waals surface area contributed by atoms with Crippen LogP contribution < -0.4 is 15.4 Å². The summed E-state index contributed by atoms with van der Waals surface area (Å²) in [6.07, 6.45) is 6.06. The maximum atomic E-state index is 12.3. The van der Waals surface area contributed by atoms with Crippen LogP contribution in [-0.2, 0) is 0 Å². The summed E-state index contributed by atoms with van der Waals surface area (Å²) in [6, 6.07) is 6.96. The van der Waals surface area contributed by atoms with Gasteiger partial charge in [-0.1, -0.05) is 24.2 Å². The van der Waals surface area contributed by atoms with E-state index < -0.39 is 5.91 Å². The van der Waals surface area contributed by atoms with E-state index in [9.17, 15) is 9.59 Å². The molecule has 0 aliphatic carbocycles. The van der Waals surface area contributed by atoms with Gasteiger partial charge in [-0.05, 0) is 63.2 Å². The molecule has 2 N–H and O–H groups in total. The minimum Gasteiger partial charge on any atom is -0.497 e. The number of methoxy groups -OCH3 is 1. The van der Waals surface area contributed by atoms with Gasteiger partial charge in [0, 0.05) is 12.2 Å². The third-order valence-corrected chi connectivity index (χ3v) is 5.72. The zero-order valence-corrected chi connectivity index (χ0v) is 17.5. The lowest BCUT2D eigenvalue weighted by Gasteiger charge is -2.19. The Labute approximate surface area is 174 Å². The van der Waals surface area contributed by atoms with E-state index in [-0.39, 0.29) is 15.9 Å². The predicted octanol–water partition coefficient (Wildman–Crippen LogP) is 2.79. The summed E-state index contributed by atoms with van der Waals surface area (Å²) in [5.41, 5.74) is 0.616. The summed E-state index contributed by atoms with van der Waals surface area (Å²) in [5.74, 6) is 0.0171. The number of nitrogens with one attached hydrogen (secondary N) is 2. The van der Waals surface area contributed by atoms with Gasteiger partial charge in [0.05, 0.1) is 7.11 Å². The van der Waals surface area contributed by atoms with E-state index in [1.54, 1.807) is 31.4 Å². The zero-order chi connectivity index (χ0) is 20.5. The lowest BCUT2D eigenvalue weighted by atomic mass is 10.2. The summed E-state index contributed by atoms with van der Waals surface area (Å²) < 4.78 is 5.09. The number of benzene rings is 1. The number of amides is 2. The van der Waals surface area contributed by atoms with Crippen LogP contribution in [0.25, 0.3) is 0 Å². The van der Waals surface area contributed by atoms with Gasteiger partial charge in [0.25, 0.3) is 11.8 Å². The molecule has 1 aliphatic rings. The number of rotatable bonds is 8. The first-order valence-electron chi connectivity index (χ1n) is 9.95. The molecular weight excluding hydrogens is 390 g/mol. The van der Waals surface area contributed by atoms with Crippen LogP contribution in [0.4, 0.5) is 5.69 Å². The Hall–Kier alpha value is -2.52. The van der Waals surface area contributed by atoms with Crippen molar-refractivity contribution >= 4 is 28.8 Å². The Kier molecular flexibility index (Phi) is 7.94. The van der Waals surface area contributed by atoms with Crippen molar-refractivity contribution in [2.75, 3.05) is 38.6 Å². The van der Waals surface area contributed by atoms with E-state index in [2.05, 4.69) is 25.7 Å². The number of ether oxygens (including phenoxy) is 1. The van der Waals surface area contributed by atoms with Gasteiger partial charge in [0.2, 0.25) is 10.0 Å². The van der Waals surface area contributed by atoms with Gasteiger partial charge in [-0.3, -0.25) is 9.59 Å². The number of anilines is 1. The third-order valence-electron chi connectivity index (χ3n) is 4.80. The lowest BCUT2D eigenvalue weighted by molar-refractivity contribution is 0.0949. The van der Waals surface area contributed by atoms with Crippen LogP contribution in [0.5, 0.6) is 5.75 Å². The third kappa shape index (κ3) is 6.50. The van der Waals surface area contributed by atoms with E-state index in [4.69, 9.17) is 4.74 Å². The molecule has 1 fully saturated rings. The maximum absolute atomic E-state index is 12.3. The van der Waals surface area contributed by atoms with Crippen molar-refractivity contribution in [3.05, 3.63) is 34.3 Å². The molecule has 2 amide bonds. The molecule has 2 heterocycles. The molecule has 2 aromatic rings. The summed E-state index contributed by atoms with van der Waals surface area (Å²) in [4.78, 5) is 27.0. The molecule has 1 saturated heterocycles. The van der Waals surface area contributed by atoms with Crippen LogP contribution in [0, 0.1) is 0 Å². The largest absolute Gasteiger partial charge is 0.497 e. The molecule has 1 aliphatic heterocycles. The van der Waals surface area contributed by atoms with Crippen molar-refractivity contribution in [2.24, 2.45) is 0 Å². The average Bonchev–Trinajstić information content (AvgIpc) is 3.10. The minimum atomic E-state index is -0.395. The number of nitrogens with zero attached hydrogens (tertiary/aromatic N) is 3. The first kappa shape index (κ1) is 21.2. The van der Waals surface area contributed by atoms with Gasteiger partial charge >= 0.3 is 0 Å². The molecule has 0 radical (unpaired) electrons. The molecule has 3 rings (SSSR count). The molecule has 1 aromatic heterocycles. The second-order valence-corrected chi connectivity index (χ2v) is 7.94. The Balaban J connectivity index is 1.43. The molecule has 0 unspecified atom stereocenters. The smallest absolute Gasteiger partial charge is 0.286 e. The summed E-state index contributed by atoms with van der Waals surface area (Å²) >= 11 is 0.983. The summed E-state index contributed by atoms with van der Waals surface area (Å²) in [6.45, 7) is 3.88. The molecule has 0 bridgehead atoms. The molecule has 9 heteroatoms. The molecule has 8 nitrogen and oxygen atoms in total. The highest BCUT2D eigenvalue weighted by Gasteiger charge is 2.17. The molecule has 0 saturated carbocycles. The molecular formula is C20H27N5O3S. The highest BCUT2D eigenvalue weighted by atomic mass is 32.1. The van der Waals surface area contributed by atoms with Crippen LogP contribution >= 0.6 is 11.3 Å². The SMILES string of the molecule is COc1ccc(NC(=O)c2nnc(C(=O)NCCCN3CCCCCC3)s2)cc1. The van der Waals surface area contributed by atoms with Gasteiger partial charge < -0.3 is 20.3 Å². The van der Waals surface area contributed by atoms with Crippen LogP contribution in [0.15, 0.2) is 24.3 Å². The first-order valence-corrected chi connectivity index (χ1v) is 10.8. The number of hydrogen-bond donors (Lipinski definition) is 2. The Bertz CT molecular complexity index is 801. The molecule has 29 heavy (non-hydrogen) atoms. The van der Waals surface area contributed by atoms with E-state index in [0.717, 1.165) is 37.4 Å². The van der Waals surface area contributed by atoms with Crippen molar-refractivity contribution in [1.82, 2.24) is 20.4 Å². The highest BCUT2D eigenvalue weighted by Crippen LogP contribution is 2.17. The summed E-state index contributed by atoms with van der Waals surface area (Å²) in [7, 11) is 1.58. The number of likely N-dealkylation sites (tertiary alicyclic amines) is 1. The van der Waals surface area contributed by atoms with Crippen LogP contribution in [0.2, 0.25) is 0 Å². The fourth-order valence-corrected chi connectivity index (χ4v) is 3.86. The maximum Gasteiger partial charge on any atom is 0.286 e. The van der Waals surface area contributed by atoms with Gasteiger partial charge in [-0.15, -0.1) is 10.2 Å². The van der Waals surface area contributed by atoms with Crippen molar-refractivity contribution in [1.29, 1.82) is 0 Å². The fraction of sp³-hybridized carbons (Fsp3) is 0.500. The number of carbonyl (C=O) groups excluding carboxylic acids is 2. The average molecular weight is 418 g/mol. The van der Waals surface area contributed by atoms with E-state index in [1.165, 1.54) is 25.7 Å². The second-order valence-electron chi connectivity index (χ2n) is 6.96. The Morgan fingerprint density at radius 1 is 1.03 bits per heavy atom. The van der Waals surface area contributed by atoms with Gasteiger partial charge in [0.15, 0.2) is 0 Å². The van der Waals surface area contributed by atoms with E-state index in [1.807, 2.05) is 0 Å². The molecule has 1 aromatic carbocycles. The second kappa shape index (κ2) is 10.9. The van der Waals surface area contributed by atoms with Crippen molar-refractivity contribution < 1.29 is 14.3 Å². The molecule has 0 spiro atoms. The monoisotopic (exact) mass is 417 g/mol.